The number of ketones is 1. The third-order valence-corrected chi connectivity index (χ3v) is 6.00. The number of benzene rings is 1. The van der Waals surface area contributed by atoms with Crippen LogP contribution in [-0.2, 0) is 11.4 Å². The van der Waals surface area contributed by atoms with Crippen LogP contribution in [0.25, 0.3) is 0 Å². The number of hydrogen-bond acceptors (Lipinski definition) is 4. The molecule has 0 radical (unpaired) electrons. The highest BCUT2D eigenvalue weighted by molar-refractivity contribution is 6.07. The molecule has 0 spiro atoms. The van der Waals surface area contributed by atoms with Crippen LogP contribution < -0.4 is 5.32 Å². The van der Waals surface area contributed by atoms with Gasteiger partial charge in [0.05, 0.1) is 24.6 Å². The number of nitrogens with one attached hydrogen (secondary N) is 1. The van der Waals surface area contributed by atoms with Gasteiger partial charge in [-0.15, -0.1) is 0 Å². The fourth-order valence-corrected chi connectivity index (χ4v) is 4.36. The Kier molecular flexibility index (Phi) is 5.05. The molecular weight excluding hydrogens is 364 g/mol. The van der Waals surface area contributed by atoms with Crippen molar-refractivity contribution in [3.63, 3.8) is 0 Å². The second-order valence-electron chi connectivity index (χ2n) is 7.82. The van der Waals surface area contributed by atoms with E-state index in [0.29, 0.717) is 18.1 Å². The molecular formula is C19H22F4N2O2. The van der Waals surface area contributed by atoms with Crippen LogP contribution in [0.1, 0.15) is 32.8 Å². The van der Waals surface area contributed by atoms with Crippen molar-refractivity contribution in [2.45, 2.75) is 33.8 Å². The van der Waals surface area contributed by atoms with E-state index in [9.17, 15) is 22.4 Å². The molecule has 0 saturated heterocycles. The Morgan fingerprint density at radius 2 is 1.78 bits per heavy atom. The number of carbonyl (C=O) groups is 1. The third kappa shape index (κ3) is 3.13. The molecule has 2 N–H and O–H groups in total. The molecule has 2 aliphatic carbocycles. The molecule has 1 unspecified atom stereocenters. The molecule has 4 nitrogen and oxygen atoms in total. The van der Waals surface area contributed by atoms with Crippen LogP contribution in [0, 0.1) is 46.4 Å². The zero-order valence-corrected chi connectivity index (χ0v) is 15.4. The van der Waals surface area contributed by atoms with Crippen LogP contribution in [0.2, 0.25) is 0 Å². The number of aliphatic hydroxyl groups excluding tert-OH is 1. The Hall–Kier alpha value is -1.96. The van der Waals surface area contributed by atoms with Crippen molar-refractivity contribution in [3.8, 4) is 0 Å². The number of aliphatic hydroxyl groups is 1. The summed E-state index contributed by atoms with van der Waals surface area (Å²) in [5.41, 5.74) is -1.18. The van der Waals surface area contributed by atoms with Crippen molar-refractivity contribution >= 4 is 17.2 Å². The molecule has 148 valence electrons. The highest BCUT2D eigenvalue weighted by atomic mass is 19.2. The summed E-state index contributed by atoms with van der Waals surface area (Å²) in [4.78, 5) is 16.4. The number of nitrogens with zero attached hydrogens (tertiary/aromatic N) is 1. The number of rotatable bonds is 6. The highest BCUT2D eigenvalue weighted by Crippen LogP contribution is 2.68. The number of fused-ring (bicyclic) bond motifs is 1. The van der Waals surface area contributed by atoms with Gasteiger partial charge in [-0.25, -0.2) is 17.6 Å². The number of halogens is 4. The van der Waals surface area contributed by atoms with Gasteiger partial charge in [0.2, 0.25) is 0 Å². The lowest BCUT2D eigenvalue weighted by atomic mass is 9.89. The summed E-state index contributed by atoms with van der Waals surface area (Å²) >= 11 is 0. The van der Waals surface area contributed by atoms with Crippen molar-refractivity contribution in [1.29, 1.82) is 0 Å². The van der Waals surface area contributed by atoms with E-state index < -0.39 is 41.1 Å². The van der Waals surface area contributed by atoms with Crippen LogP contribution in [-0.4, -0.2) is 29.7 Å². The Labute approximate surface area is 154 Å². The predicted molar refractivity (Wildman–Crippen MR) is 92.5 cm³/mol. The summed E-state index contributed by atoms with van der Waals surface area (Å²) in [6, 6.07) is 0. The summed E-state index contributed by atoms with van der Waals surface area (Å²) in [5.74, 6) is -5.83. The summed E-state index contributed by atoms with van der Waals surface area (Å²) in [6.07, 6.45) is 0.555. The van der Waals surface area contributed by atoms with E-state index >= 15 is 0 Å². The van der Waals surface area contributed by atoms with Gasteiger partial charge < -0.3 is 10.4 Å². The van der Waals surface area contributed by atoms with Crippen molar-refractivity contribution < 1.29 is 27.5 Å². The maximum Gasteiger partial charge on any atom is 0.185 e. The fourth-order valence-electron chi connectivity index (χ4n) is 4.36. The molecule has 0 amide bonds. The number of Topliss-reactive ketones (excluding diaryl/α,β-unsaturated/α-hetero) is 1. The largest absolute Gasteiger partial charge is 0.391 e. The molecule has 0 aromatic heterocycles. The lowest BCUT2D eigenvalue weighted by Gasteiger charge is -2.16. The summed E-state index contributed by atoms with van der Waals surface area (Å²) < 4.78 is 55.1. The topological polar surface area (TPSA) is 61.7 Å². The number of aliphatic imine (C=N–C) groups is 1. The molecule has 8 heteroatoms. The molecule has 0 aliphatic heterocycles. The average molecular weight is 386 g/mol. The molecule has 2 aliphatic rings. The lowest BCUT2D eigenvalue weighted by molar-refractivity contribution is -0.120. The Morgan fingerprint density at radius 3 is 2.30 bits per heavy atom. The fraction of sp³-hybridized carbons (Fsp3) is 0.579. The number of carbonyl (C=O) groups excluding carboxylic acids is 1. The Bertz CT molecular complexity index is 793. The van der Waals surface area contributed by atoms with Gasteiger partial charge in [0.15, 0.2) is 23.3 Å². The monoisotopic (exact) mass is 386 g/mol. The van der Waals surface area contributed by atoms with Gasteiger partial charge in [-0.2, -0.15) is 0 Å². The third-order valence-electron chi connectivity index (χ3n) is 6.00. The SMILES string of the molecule is CC(=NCCNc1c(F)c(F)c(CO)c(F)c1F)C1C(=O)C[C@@H]2[C@H]1C2(C)C. The van der Waals surface area contributed by atoms with Crippen LogP contribution >= 0.6 is 0 Å². The molecule has 3 atom stereocenters. The first kappa shape index (κ1) is 19.8. The number of anilines is 1. The van der Waals surface area contributed by atoms with E-state index in [1.165, 1.54) is 0 Å². The average Bonchev–Trinajstić information content (AvgIpc) is 2.95. The second kappa shape index (κ2) is 6.89. The van der Waals surface area contributed by atoms with E-state index in [1.54, 1.807) is 6.92 Å². The van der Waals surface area contributed by atoms with Gasteiger partial charge in [-0.1, -0.05) is 13.8 Å². The van der Waals surface area contributed by atoms with Crippen molar-refractivity contribution in [2.24, 2.45) is 28.2 Å². The van der Waals surface area contributed by atoms with Crippen LogP contribution in [0.5, 0.6) is 0 Å². The van der Waals surface area contributed by atoms with Crippen molar-refractivity contribution in [1.82, 2.24) is 0 Å². The van der Waals surface area contributed by atoms with Crippen molar-refractivity contribution in [2.75, 3.05) is 18.4 Å². The van der Waals surface area contributed by atoms with Gasteiger partial charge in [0, 0.05) is 18.7 Å². The van der Waals surface area contributed by atoms with E-state index in [4.69, 9.17) is 5.11 Å². The Morgan fingerprint density at radius 1 is 1.19 bits per heavy atom. The highest BCUT2D eigenvalue weighted by Gasteiger charge is 2.67. The summed E-state index contributed by atoms with van der Waals surface area (Å²) in [5, 5.41) is 11.1. The first-order chi connectivity index (χ1) is 12.6. The van der Waals surface area contributed by atoms with E-state index in [-0.39, 0.29) is 36.1 Å². The normalized spacial score (nSPS) is 26.3. The van der Waals surface area contributed by atoms with Gasteiger partial charge in [-0.3, -0.25) is 9.79 Å². The van der Waals surface area contributed by atoms with E-state index in [2.05, 4.69) is 24.2 Å². The minimum atomic E-state index is -1.63. The predicted octanol–water partition coefficient (Wildman–Crippen LogP) is 3.47. The molecule has 1 aromatic carbocycles. The van der Waals surface area contributed by atoms with E-state index in [1.807, 2.05) is 0 Å². The van der Waals surface area contributed by atoms with Crippen LogP contribution in [0.3, 0.4) is 0 Å². The number of hydrogen-bond donors (Lipinski definition) is 2. The van der Waals surface area contributed by atoms with Crippen LogP contribution in [0.15, 0.2) is 4.99 Å². The second-order valence-corrected chi connectivity index (χ2v) is 7.82. The summed E-state index contributed by atoms with van der Waals surface area (Å²) in [7, 11) is 0. The molecule has 27 heavy (non-hydrogen) atoms. The molecule has 0 heterocycles. The maximum atomic E-state index is 13.9. The van der Waals surface area contributed by atoms with E-state index in [0.717, 1.165) is 0 Å². The van der Waals surface area contributed by atoms with Crippen molar-refractivity contribution in [3.05, 3.63) is 28.8 Å². The zero-order valence-electron chi connectivity index (χ0n) is 15.4. The first-order valence-electron chi connectivity index (χ1n) is 8.86. The van der Waals surface area contributed by atoms with Gasteiger partial charge in [0.25, 0.3) is 0 Å². The molecule has 2 saturated carbocycles. The molecule has 3 rings (SSSR count). The first-order valence-corrected chi connectivity index (χ1v) is 8.86. The van der Waals surface area contributed by atoms with Gasteiger partial charge in [0.1, 0.15) is 11.5 Å². The smallest absolute Gasteiger partial charge is 0.185 e. The Balaban J connectivity index is 1.66. The molecule has 0 bridgehead atoms. The molecule has 2 fully saturated rings. The zero-order chi connectivity index (χ0) is 20.1. The van der Waals surface area contributed by atoms with Crippen LogP contribution in [0.4, 0.5) is 23.2 Å². The molecule has 1 aromatic rings. The quantitative estimate of drug-likeness (QED) is 0.341. The minimum Gasteiger partial charge on any atom is -0.391 e. The van der Waals surface area contributed by atoms with Gasteiger partial charge >= 0.3 is 0 Å². The van der Waals surface area contributed by atoms with Gasteiger partial charge in [-0.05, 0) is 24.2 Å². The standard InChI is InChI=1S/C19H22F4N2O2/c1-8(12-11(27)6-10-13(12)19(10,2)3)24-4-5-25-18-16(22)14(20)9(7-26)15(21)17(18)23/h10,12-13,25-26H,4-7H2,1-3H3/t10-,12?,13-/m1/s1. The lowest BCUT2D eigenvalue weighted by Crippen LogP contribution is -2.24. The minimum absolute atomic E-state index is 0.0685. The summed E-state index contributed by atoms with van der Waals surface area (Å²) in [6.45, 7) is 4.89. The maximum absolute atomic E-state index is 13.9.